The average molecular weight is 557 g/mol. The molecule has 4 amide bonds. The second kappa shape index (κ2) is 8.74. The van der Waals surface area contributed by atoms with Crippen molar-refractivity contribution in [3.05, 3.63) is 106 Å². The number of fused-ring (bicyclic) bond motifs is 6. The fourth-order valence-corrected chi connectivity index (χ4v) is 8.01. The van der Waals surface area contributed by atoms with E-state index in [-0.39, 0.29) is 23.9 Å². The van der Waals surface area contributed by atoms with Crippen molar-refractivity contribution in [1.82, 2.24) is 14.8 Å². The largest absolute Gasteiger partial charge is 0.328 e. The molecule has 4 aliphatic rings. The summed E-state index contributed by atoms with van der Waals surface area (Å²) in [7, 11) is 0. The Balaban J connectivity index is 1.18. The maximum absolute atomic E-state index is 14.1. The number of aryl methyl sites for hydroxylation is 1. The van der Waals surface area contributed by atoms with Crippen LogP contribution in [0.2, 0.25) is 0 Å². The minimum Gasteiger partial charge on any atom is -0.325 e. The number of carbonyl (C=O) groups excluding carboxylic acids is 3. The summed E-state index contributed by atoms with van der Waals surface area (Å²) in [6, 6.07) is 21.9. The van der Waals surface area contributed by atoms with Crippen LogP contribution in [0.3, 0.4) is 0 Å². The Hall–Kier alpha value is -4.52. The molecule has 0 bridgehead atoms. The Bertz CT molecular complexity index is 1850. The SMILES string of the molecule is CC(C)N1C(=O)N(Cc2cnc3cc4c(cc3c2)C[C@@]2(C4)C(=O)Nc3ccccc32)[C@]2(CCCc3ccccc32)C1=O. The van der Waals surface area contributed by atoms with Gasteiger partial charge >= 0.3 is 6.03 Å². The summed E-state index contributed by atoms with van der Waals surface area (Å²) in [5.41, 5.74) is 6.53. The highest BCUT2D eigenvalue weighted by molar-refractivity contribution is 6.08. The second-order valence-corrected chi connectivity index (χ2v) is 12.6. The van der Waals surface area contributed by atoms with Crippen molar-refractivity contribution in [2.45, 2.75) is 69.5 Å². The van der Waals surface area contributed by atoms with Crippen LogP contribution in [0.1, 0.15) is 60.1 Å². The van der Waals surface area contributed by atoms with Gasteiger partial charge in [-0.15, -0.1) is 0 Å². The maximum atomic E-state index is 14.1. The van der Waals surface area contributed by atoms with Gasteiger partial charge in [0.25, 0.3) is 5.91 Å². The number of benzene rings is 3. The van der Waals surface area contributed by atoms with E-state index >= 15 is 0 Å². The van der Waals surface area contributed by atoms with Gasteiger partial charge in [0.2, 0.25) is 5.91 Å². The molecule has 2 aliphatic carbocycles. The number of para-hydroxylation sites is 1. The normalized spacial score (nSPS) is 24.2. The molecule has 0 saturated carbocycles. The zero-order chi connectivity index (χ0) is 28.8. The molecule has 210 valence electrons. The number of anilines is 1. The van der Waals surface area contributed by atoms with E-state index < -0.39 is 11.0 Å². The first-order chi connectivity index (χ1) is 20.3. The first-order valence-electron chi connectivity index (χ1n) is 14.9. The lowest BCUT2D eigenvalue weighted by Crippen LogP contribution is -2.49. The summed E-state index contributed by atoms with van der Waals surface area (Å²) in [6.45, 7) is 4.09. The molecule has 3 aromatic carbocycles. The van der Waals surface area contributed by atoms with Crippen molar-refractivity contribution in [2.24, 2.45) is 0 Å². The molecule has 2 atom stereocenters. The van der Waals surface area contributed by atoms with Crippen molar-refractivity contribution in [3.8, 4) is 0 Å². The van der Waals surface area contributed by atoms with Gasteiger partial charge in [0, 0.05) is 23.3 Å². The molecule has 2 aliphatic heterocycles. The highest BCUT2D eigenvalue weighted by Crippen LogP contribution is 2.49. The summed E-state index contributed by atoms with van der Waals surface area (Å²) >= 11 is 0. The molecule has 3 heterocycles. The molecule has 4 aromatic rings. The number of urea groups is 1. The molecular weight excluding hydrogens is 524 g/mol. The second-order valence-electron chi connectivity index (χ2n) is 12.6. The van der Waals surface area contributed by atoms with E-state index in [1.54, 1.807) is 4.90 Å². The predicted octanol–water partition coefficient (Wildman–Crippen LogP) is 5.63. The summed E-state index contributed by atoms with van der Waals surface area (Å²) in [4.78, 5) is 49.3. The maximum Gasteiger partial charge on any atom is 0.328 e. The van der Waals surface area contributed by atoms with E-state index in [0.29, 0.717) is 25.8 Å². The predicted molar refractivity (Wildman–Crippen MR) is 160 cm³/mol. The number of amides is 4. The number of pyridine rings is 1. The first kappa shape index (κ1) is 25.2. The van der Waals surface area contributed by atoms with Crippen molar-refractivity contribution >= 4 is 34.4 Å². The van der Waals surface area contributed by atoms with Gasteiger partial charge in [-0.2, -0.15) is 0 Å². The molecule has 8 rings (SSSR count). The molecule has 1 aromatic heterocycles. The van der Waals surface area contributed by atoms with Gasteiger partial charge in [0.05, 0.1) is 17.5 Å². The van der Waals surface area contributed by atoms with E-state index in [1.165, 1.54) is 4.90 Å². The highest BCUT2D eigenvalue weighted by Gasteiger charge is 2.60. The van der Waals surface area contributed by atoms with Crippen LogP contribution in [0, 0.1) is 0 Å². The Labute approximate surface area is 244 Å². The van der Waals surface area contributed by atoms with Crippen molar-refractivity contribution in [1.29, 1.82) is 0 Å². The van der Waals surface area contributed by atoms with Gasteiger partial charge in [-0.1, -0.05) is 42.5 Å². The number of imide groups is 1. The van der Waals surface area contributed by atoms with Crippen LogP contribution in [0.5, 0.6) is 0 Å². The molecule has 1 N–H and O–H groups in total. The third-order valence-corrected chi connectivity index (χ3v) is 9.94. The lowest BCUT2D eigenvalue weighted by Gasteiger charge is -2.40. The number of hydrogen-bond donors (Lipinski definition) is 1. The molecule has 42 heavy (non-hydrogen) atoms. The monoisotopic (exact) mass is 556 g/mol. The van der Waals surface area contributed by atoms with E-state index in [0.717, 1.165) is 62.8 Å². The van der Waals surface area contributed by atoms with Crippen LogP contribution in [0.4, 0.5) is 10.5 Å². The van der Waals surface area contributed by atoms with Gasteiger partial charge in [0.15, 0.2) is 0 Å². The number of carbonyl (C=O) groups is 3. The molecule has 0 radical (unpaired) electrons. The Morgan fingerprint density at radius 2 is 1.64 bits per heavy atom. The molecule has 1 saturated heterocycles. The molecule has 0 unspecified atom stereocenters. The third-order valence-electron chi connectivity index (χ3n) is 9.94. The number of aromatic nitrogens is 1. The summed E-state index contributed by atoms with van der Waals surface area (Å²) < 4.78 is 0. The summed E-state index contributed by atoms with van der Waals surface area (Å²) in [5.74, 6) is -0.0655. The van der Waals surface area contributed by atoms with E-state index in [4.69, 9.17) is 4.98 Å². The van der Waals surface area contributed by atoms with E-state index in [9.17, 15) is 14.4 Å². The first-order valence-corrected chi connectivity index (χ1v) is 14.9. The average Bonchev–Trinajstić information content (AvgIpc) is 3.56. The standard InChI is InChI=1S/C35H32N4O3/c1-21(2)39-32(41)35(13-7-9-23-8-3-4-10-27(23)35)38(33(39)42)20-22-14-24-15-25-17-34(18-26(25)16-30(24)36-19-22)28-11-5-6-12-29(28)37-31(34)40/h3-6,8,10-12,14-16,19,21H,7,9,13,17-18,20H2,1-2H3,(H,37,40)/t34-,35-/m0/s1. The topological polar surface area (TPSA) is 82.6 Å². The van der Waals surface area contributed by atoms with E-state index in [1.807, 2.05) is 56.4 Å². The minimum absolute atomic E-state index is 0.0579. The van der Waals surface area contributed by atoms with Gasteiger partial charge in [0.1, 0.15) is 5.54 Å². The van der Waals surface area contributed by atoms with Gasteiger partial charge in [-0.25, -0.2) is 4.79 Å². The van der Waals surface area contributed by atoms with Gasteiger partial charge in [-0.05, 0) is 104 Å². The summed E-state index contributed by atoms with van der Waals surface area (Å²) in [5, 5.41) is 4.07. The van der Waals surface area contributed by atoms with Crippen LogP contribution >= 0.6 is 0 Å². The van der Waals surface area contributed by atoms with E-state index in [2.05, 4.69) is 35.6 Å². The van der Waals surface area contributed by atoms with Gasteiger partial charge < -0.3 is 10.2 Å². The van der Waals surface area contributed by atoms with Crippen LogP contribution in [0.15, 0.2) is 72.9 Å². The number of nitrogens with one attached hydrogen (secondary N) is 1. The van der Waals surface area contributed by atoms with Gasteiger partial charge in [-0.3, -0.25) is 19.5 Å². The smallest absolute Gasteiger partial charge is 0.325 e. The Kier molecular flexibility index (Phi) is 5.25. The fraction of sp³-hybridized carbons (Fsp3) is 0.314. The number of nitrogens with zero attached hydrogens (tertiary/aromatic N) is 3. The number of rotatable bonds is 3. The molecule has 2 spiro atoms. The lowest BCUT2D eigenvalue weighted by molar-refractivity contribution is -0.135. The molecular formula is C35H32N4O3. The molecule has 7 nitrogen and oxygen atoms in total. The quantitative estimate of drug-likeness (QED) is 0.332. The van der Waals surface area contributed by atoms with Crippen molar-refractivity contribution in [2.75, 3.05) is 5.32 Å². The molecule has 7 heteroatoms. The highest BCUT2D eigenvalue weighted by atomic mass is 16.2. The zero-order valence-electron chi connectivity index (χ0n) is 23.8. The lowest BCUT2D eigenvalue weighted by atomic mass is 9.75. The molecule has 1 fully saturated rings. The summed E-state index contributed by atoms with van der Waals surface area (Å²) in [6.07, 6.45) is 5.49. The zero-order valence-corrected chi connectivity index (χ0v) is 23.8. The Morgan fingerprint density at radius 3 is 2.45 bits per heavy atom. The Morgan fingerprint density at radius 1 is 0.905 bits per heavy atom. The number of hydrogen-bond acceptors (Lipinski definition) is 4. The van der Waals surface area contributed by atoms with Crippen LogP contribution < -0.4 is 5.32 Å². The van der Waals surface area contributed by atoms with Crippen LogP contribution in [-0.4, -0.2) is 38.7 Å². The van der Waals surface area contributed by atoms with Crippen LogP contribution in [0.25, 0.3) is 10.9 Å². The third kappa shape index (κ3) is 3.28. The fourth-order valence-electron chi connectivity index (χ4n) is 8.01. The van der Waals surface area contributed by atoms with Crippen LogP contribution in [-0.2, 0) is 46.4 Å². The van der Waals surface area contributed by atoms with Crippen molar-refractivity contribution in [3.63, 3.8) is 0 Å². The van der Waals surface area contributed by atoms with Crippen molar-refractivity contribution < 1.29 is 14.4 Å². The minimum atomic E-state index is -1.00.